The van der Waals surface area contributed by atoms with Gasteiger partial charge in [-0.05, 0) is 25.1 Å². The lowest BCUT2D eigenvalue weighted by Gasteiger charge is -2.09. The topological polar surface area (TPSA) is 76.4 Å². The Bertz CT molecular complexity index is 905. The number of phenolic OH excluding ortho intramolecular Hbond substituents is 1. The number of amides is 1. The Hall–Kier alpha value is -3.09. The third-order valence-electron chi connectivity index (χ3n) is 3.81. The summed E-state index contributed by atoms with van der Waals surface area (Å²) in [6.07, 6.45) is 0.349. The van der Waals surface area contributed by atoms with Crippen molar-refractivity contribution in [2.75, 3.05) is 5.32 Å². The Kier molecular flexibility index (Phi) is 3.61. The molecule has 0 atom stereocenters. The van der Waals surface area contributed by atoms with E-state index in [1.54, 1.807) is 24.4 Å². The number of halogens is 1. The van der Waals surface area contributed by atoms with E-state index in [1.165, 1.54) is 0 Å². The maximum Gasteiger partial charge on any atom is 0.450 e. The van der Waals surface area contributed by atoms with Crippen molar-refractivity contribution in [3.63, 3.8) is 0 Å². The van der Waals surface area contributed by atoms with Gasteiger partial charge in [0.25, 0.3) is 0 Å². The highest BCUT2D eigenvalue weighted by atomic mass is 19.3. The summed E-state index contributed by atoms with van der Waals surface area (Å²) in [6, 6.07) is 8.85. The number of fused-ring (bicyclic) bond motifs is 1. The second-order valence-electron chi connectivity index (χ2n) is 5.16. The molecule has 0 radical (unpaired) electrons. The van der Waals surface area contributed by atoms with Gasteiger partial charge >= 0.3 is 6.09 Å². The molecule has 118 valence electrons. The van der Waals surface area contributed by atoms with Crippen molar-refractivity contribution in [2.24, 2.45) is 7.05 Å². The van der Waals surface area contributed by atoms with Crippen LogP contribution in [0.3, 0.4) is 0 Å². The fourth-order valence-corrected chi connectivity index (χ4v) is 2.59. The quantitative estimate of drug-likeness (QED) is 0.756. The molecule has 7 heteroatoms. The highest BCUT2D eigenvalue weighted by Gasteiger charge is 2.13. The standard InChI is InChI=1S/C16H14FN3O3/c1-9-11(4-3-5-14(9)21)12-6-10-7-15(19-16(22)23-17)18-8-13(10)20(12)2/h3-8,21H,1-2H3,(H,18,19,22). The van der Waals surface area contributed by atoms with Gasteiger partial charge < -0.3 is 9.67 Å². The zero-order valence-corrected chi connectivity index (χ0v) is 12.5. The van der Waals surface area contributed by atoms with Gasteiger partial charge in [-0.15, -0.1) is 0 Å². The van der Waals surface area contributed by atoms with Crippen molar-refractivity contribution >= 4 is 22.8 Å². The molecule has 0 aliphatic heterocycles. The second kappa shape index (κ2) is 5.60. The lowest BCUT2D eigenvalue weighted by molar-refractivity contribution is -0.0544. The molecule has 0 bridgehead atoms. The van der Waals surface area contributed by atoms with Crippen LogP contribution in [-0.2, 0) is 12.0 Å². The summed E-state index contributed by atoms with van der Waals surface area (Å²) in [4.78, 5) is 18.0. The number of hydrogen-bond donors (Lipinski definition) is 2. The minimum absolute atomic E-state index is 0.185. The monoisotopic (exact) mass is 315 g/mol. The normalized spacial score (nSPS) is 10.7. The van der Waals surface area contributed by atoms with Crippen molar-refractivity contribution in [3.8, 4) is 17.0 Å². The van der Waals surface area contributed by atoms with Crippen LogP contribution in [0.1, 0.15) is 5.56 Å². The molecule has 2 aromatic heterocycles. The molecule has 3 rings (SSSR count). The number of nitrogens with one attached hydrogen (secondary N) is 1. The molecule has 0 saturated carbocycles. The van der Waals surface area contributed by atoms with Crippen LogP contribution in [0.25, 0.3) is 22.2 Å². The average Bonchev–Trinajstić information content (AvgIpc) is 2.86. The van der Waals surface area contributed by atoms with Gasteiger partial charge in [-0.25, -0.2) is 14.7 Å². The summed E-state index contributed by atoms with van der Waals surface area (Å²) in [6.45, 7) is 1.84. The Labute approximate surface area is 131 Å². The van der Waals surface area contributed by atoms with E-state index >= 15 is 0 Å². The van der Waals surface area contributed by atoms with Crippen molar-refractivity contribution < 1.29 is 19.4 Å². The van der Waals surface area contributed by atoms with Crippen molar-refractivity contribution in [3.05, 3.63) is 42.1 Å². The van der Waals surface area contributed by atoms with Gasteiger partial charge in [0, 0.05) is 33.8 Å². The van der Waals surface area contributed by atoms with Gasteiger partial charge in [0.15, 0.2) is 0 Å². The summed E-state index contributed by atoms with van der Waals surface area (Å²) in [5.41, 5.74) is 3.38. The average molecular weight is 315 g/mol. The van der Waals surface area contributed by atoms with E-state index in [0.717, 1.165) is 27.7 Å². The molecule has 6 nitrogen and oxygen atoms in total. The number of hydrogen-bond acceptors (Lipinski definition) is 4. The first-order valence-electron chi connectivity index (χ1n) is 6.85. The Morgan fingerprint density at radius 2 is 2.17 bits per heavy atom. The van der Waals surface area contributed by atoms with Crippen LogP contribution in [0, 0.1) is 6.92 Å². The van der Waals surface area contributed by atoms with Crippen LogP contribution in [0.4, 0.5) is 15.1 Å². The maximum atomic E-state index is 11.8. The first kappa shape index (κ1) is 14.8. The van der Waals surface area contributed by atoms with Crippen LogP contribution < -0.4 is 5.32 Å². The van der Waals surface area contributed by atoms with E-state index in [0.29, 0.717) is 0 Å². The van der Waals surface area contributed by atoms with Crippen molar-refractivity contribution in [1.29, 1.82) is 0 Å². The summed E-state index contributed by atoms with van der Waals surface area (Å²) in [5, 5.41) is 12.9. The summed E-state index contributed by atoms with van der Waals surface area (Å²) >= 11 is 0. The number of carbonyl (C=O) groups is 1. The number of anilines is 1. The SMILES string of the molecule is Cc1c(O)cccc1-c1cc2cc(NC(=O)OF)ncc2n1C. The number of nitrogens with zero attached hydrogens (tertiary/aromatic N) is 2. The van der Waals surface area contributed by atoms with Gasteiger partial charge in [0.05, 0.1) is 11.7 Å². The zero-order chi connectivity index (χ0) is 16.6. The predicted molar refractivity (Wildman–Crippen MR) is 83.8 cm³/mol. The van der Waals surface area contributed by atoms with Gasteiger partial charge in [-0.1, -0.05) is 12.1 Å². The number of rotatable bonds is 2. The first-order chi connectivity index (χ1) is 11.0. The number of aromatic nitrogens is 2. The molecule has 0 saturated heterocycles. The third kappa shape index (κ3) is 2.57. The van der Waals surface area contributed by atoms with Gasteiger partial charge in [-0.3, -0.25) is 5.32 Å². The minimum atomic E-state index is -1.23. The number of aryl methyl sites for hydroxylation is 1. The molecule has 0 spiro atoms. The summed E-state index contributed by atoms with van der Waals surface area (Å²) in [5.74, 6) is 0.406. The number of pyridine rings is 1. The van der Waals surface area contributed by atoms with Crippen molar-refractivity contribution in [2.45, 2.75) is 6.92 Å². The molecule has 0 aliphatic carbocycles. The van der Waals surface area contributed by atoms with Crippen LogP contribution in [0.2, 0.25) is 0 Å². The van der Waals surface area contributed by atoms with E-state index in [9.17, 15) is 14.4 Å². The highest BCUT2D eigenvalue weighted by Crippen LogP contribution is 2.33. The number of benzene rings is 1. The van der Waals surface area contributed by atoms with E-state index < -0.39 is 6.09 Å². The number of aromatic hydroxyl groups is 1. The Morgan fingerprint density at radius 3 is 2.91 bits per heavy atom. The minimum Gasteiger partial charge on any atom is -0.508 e. The molecule has 0 unspecified atom stereocenters. The molecule has 23 heavy (non-hydrogen) atoms. The van der Waals surface area contributed by atoms with Crippen LogP contribution in [0.15, 0.2) is 36.5 Å². The van der Waals surface area contributed by atoms with E-state index in [1.807, 2.05) is 30.7 Å². The Morgan fingerprint density at radius 1 is 1.39 bits per heavy atom. The number of phenols is 1. The van der Waals surface area contributed by atoms with Gasteiger partial charge in [0.2, 0.25) is 0 Å². The maximum absolute atomic E-state index is 11.8. The molecule has 1 aromatic carbocycles. The summed E-state index contributed by atoms with van der Waals surface area (Å²) < 4.78 is 13.7. The predicted octanol–water partition coefficient (Wildman–Crippen LogP) is 3.69. The lowest BCUT2D eigenvalue weighted by atomic mass is 10.0. The molecular formula is C16H14FN3O3. The molecule has 2 N–H and O–H groups in total. The molecule has 3 aromatic rings. The van der Waals surface area contributed by atoms with Crippen LogP contribution in [-0.4, -0.2) is 20.8 Å². The first-order valence-corrected chi connectivity index (χ1v) is 6.85. The largest absolute Gasteiger partial charge is 0.508 e. The fourth-order valence-electron chi connectivity index (χ4n) is 2.59. The molecule has 0 fully saturated rings. The molecule has 1 amide bonds. The second-order valence-corrected chi connectivity index (χ2v) is 5.16. The Balaban J connectivity index is 2.11. The third-order valence-corrected chi connectivity index (χ3v) is 3.81. The lowest BCUT2D eigenvalue weighted by Crippen LogP contribution is -2.10. The van der Waals surface area contributed by atoms with Gasteiger partial charge in [0.1, 0.15) is 11.6 Å². The van der Waals surface area contributed by atoms with Gasteiger partial charge in [-0.2, -0.15) is 0 Å². The van der Waals surface area contributed by atoms with Crippen molar-refractivity contribution in [1.82, 2.24) is 9.55 Å². The zero-order valence-electron chi connectivity index (χ0n) is 12.5. The van der Waals surface area contributed by atoms with E-state index in [-0.39, 0.29) is 11.6 Å². The van der Waals surface area contributed by atoms with E-state index in [4.69, 9.17) is 0 Å². The van der Waals surface area contributed by atoms with Crippen LogP contribution >= 0.6 is 0 Å². The molecule has 2 heterocycles. The summed E-state index contributed by atoms with van der Waals surface area (Å²) in [7, 11) is 1.88. The smallest absolute Gasteiger partial charge is 0.450 e. The van der Waals surface area contributed by atoms with E-state index in [2.05, 4.69) is 15.2 Å². The van der Waals surface area contributed by atoms with Crippen LogP contribution in [0.5, 0.6) is 5.75 Å². The fraction of sp³-hybridized carbons (Fsp3) is 0.125. The molecule has 0 aliphatic rings. The highest BCUT2D eigenvalue weighted by molar-refractivity contribution is 5.91. The molecular weight excluding hydrogens is 301 g/mol. The number of carbonyl (C=O) groups excluding carboxylic acids is 1.